The van der Waals surface area contributed by atoms with Crippen molar-refractivity contribution in [2.75, 3.05) is 13.7 Å². The van der Waals surface area contributed by atoms with Gasteiger partial charge in [0.05, 0.1) is 49.8 Å². The highest BCUT2D eigenvalue weighted by molar-refractivity contribution is 6.43. The number of aromatic nitrogens is 2. The first kappa shape index (κ1) is 24.8. The van der Waals surface area contributed by atoms with Crippen molar-refractivity contribution in [2.24, 2.45) is 0 Å². The Kier molecular flexibility index (Phi) is 5.49. The predicted octanol–water partition coefficient (Wildman–Crippen LogP) is 3.25. The molecule has 0 spiro atoms. The van der Waals surface area contributed by atoms with Crippen LogP contribution in [0.3, 0.4) is 0 Å². The zero-order valence-electron chi connectivity index (χ0n) is 20.2. The Morgan fingerprint density at radius 1 is 0.923 bits per heavy atom. The number of halogens is 2. The van der Waals surface area contributed by atoms with Crippen molar-refractivity contribution >= 4 is 78.6 Å². The van der Waals surface area contributed by atoms with Gasteiger partial charge in [-0.1, -0.05) is 47.5 Å². The first-order valence-corrected chi connectivity index (χ1v) is 12.9. The summed E-state index contributed by atoms with van der Waals surface area (Å²) in [5.41, 5.74) is 2.19. The molecule has 3 aromatic carbocycles. The van der Waals surface area contributed by atoms with E-state index < -0.39 is 49.1 Å². The van der Waals surface area contributed by atoms with Crippen molar-refractivity contribution in [3.05, 3.63) is 57.6 Å². The number of benzene rings is 3. The monoisotopic (exact) mass is 569 g/mol. The van der Waals surface area contributed by atoms with Crippen molar-refractivity contribution in [2.45, 2.75) is 30.6 Å². The van der Waals surface area contributed by atoms with Crippen LogP contribution in [-0.2, 0) is 9.47 Å². The van der Waals surface area contributed by atoms with Crippen LogP contribution in [0.5, 0.6) is 0 Å². The Hall–Kier alpha value is -3.22. The van der Waals surface area contributed by atoms with Gasteiger partial charge in [-0.2, -0.15) is 0 Å². The van der Waals surface area contributed by atoms with E-state index in [0.717, 1.165) is 0 Å². The van der Waals surface area contributed by atoms with Crippen LogP contribution < -0.4 is 5.32 Å². The Bertz CT molecular complexity index is 1880. The molecule has 10 nitrogen and oxygen atoms in total. The number of hydrogen-bond acceptors (Lipinski definition) is 7. The zero-order chi connectivity index (χ0) is 27.3. The number of aliphatic hydroxyl groups is 3. The fourth-order valence-electron chi connectivity index (χ4n) is 6.20. The average molecular weight is 570 g/mol. The molecule has 5 atom stereocenters. The average Bonchev–Trinajstić information content (AvgIpc) is 3.56. The number of H-pyrrole nitrogens is 1. The number of nitrogens with one attached hydrogen (secondary N) is 2. The van der Waals surface area contributed by atoms with Crippen molar-refractivity contribution in [3.8, 4) is 0 Å². The molecule has 7 rings (SSSR count). The Labute approximate surface area is 229 Å². The van der Waals surface area contributed by atoms with Gasteiger partial charge >= 0.3 is 0 Å². The second-order valence-corrected chi connectivity index (χ2v) is 10.5. The van der Waals surface area contributed by atoms with Gasteiger partial charge in [0.15, 0.2) is 6.23 Å². The van der Waals surface area contributed by atoms with E-state index in [0.29, 0.717) is 48.6 Å². The summed E-state index contributed by atoms with van der Waals surface area (Å²) in [6.45, 7) is -0.493. The maximum Gasteiger partial charge on any atom is 0.259 e. The highest BCUT2D eigenvalue weighted by Crippen LogP contribution is 2.48. The number of nitrogens with zero attached hydrogens (tertiary/aromatic N) is 1. The van der Waals surface area contributed by atoms with E-state index in [4.69, 9.17) is 32.7 Å². The largest absolute Gasteiger partial charge is 0.394 e. The van der Waals surface area contributed by atoms with E-state index in [9.17, 15) is 24.9 Å². The second-order valence-electron chi connectivity index (χ2n) is 9.73. The van der Waals surface area contributed by atoms with E-state index in [1.165, 1.54) is 7.11 Å². The first-order valence-electron chi connectivity index (χ1n) is 12.2. The van der Waals surface area contributed by atoms with Gasteiger partial charge in [0.25, 0.3) is 11.8 Å². The Morgan fingerprint density at radius 3 is 2.28 bits per heavy atom. The summed E-state index contributed by atoms with van der Waals surface area (Å²) < 4.78 is 13.1. The van der Waals surface area contributed by atoms with Crippen molar-refractivity contribution < 1.29 is 34.4 Å². The van der Waals surface area contributed by atoms with Crippen molar-refractivity contribution in [1.29, 1.82) is 0 Å². The normalized spacial score (nSPS) is 25.3. The minimum absolute atomic E-state index is 0.161. The number of methoxy groups -OCH3 is 1. The molecular formula is C27H21Cl2N3O7. The molecule has 2 aliphatic heterocycles. The Morgan fingerprint density at radius 2 is 1.59 bits per heavy atom. The number of hydrogen-bond donors (Lipinski definition) is 5. The molecule has 0 bridgehead atoms. The predicted molar refractivity (Wildman–Crippen MR) is 144 cm³/mol. The summed E-state index contributed by atoms with van der Waals surface area (Å²) >= 11 is 13.3. The molecule has 200 valence electrons. The highest BCUT2D eigenvalue weighted by Gasteiger charge is 2.47. The fourth-order valence-corrected chi connectivity index (χ4v) is 6.68. The molecule has 0 saturated carbocycles. The van der Waals surface area contributed by atoms with Crippen LogP contribution in [0.4, 0.5) is 0 Å². The van der Waals surface area contributed by atoms with Gasteiger partial charge in [-0.15, -0.1) is 0 Å². The van der Waals surface area contributed by atoms with Gasteiger partial charge in [0.2, 0.25) is 0 Å². The molecule has 2 amide bonds. The third kappa shape index (κ3) is 3.16. The molecule has 0 aliphatic carbocycles. The van der Waals surface area contributed by atoms with Gasteiger partial charge in [-0.3, -0.25) is 14.9 Å². The number of fused-ring (bicyclic) bond motifs is 10. The minimum atomic E-state index is -1.51. The molecule has 39 heavy (non-hydrogen) atoms. The molecular weight excluding hydrogens is 549 g/mol. The summed E-state index contributed by atoms with van der Waals surface area (Å²) in [6.07, 6.45) is -6.18. The number of carbonyl (C=O) groups excluding carboxylic acids is 2. The number of aromatic amines is 1. The third-order valence-electron chi connectivity index (χ3n) is 7.79. The van der Waals surface area contributed by atoms with E-state index in [1.807, 2.05) is 0 Å². The van der Waals surface area contributed by atoms with E-state index >= 15 is 0 Å². The van der Waals surface area contributed by atoms with Gasteiger partial charge in [-0.25, -0.2) is 0 Å². The fraction of sp³-hybridized carbons (Fsp3) is 0.259. The van der Waals surface area contributed by atoms with Crippen LogP contribution in [0.1, 0.15) is 26.9 Å². The number of para-hydroxylation sites is 2. The zero-order valence-corrected chi connectivity index (χ0v) is 21.7. The molecule has 4 unspecified atom stereocenters. The summed E-state index contributed by atoms with van der Waals surface area (Å²) in [7, 11) is 1.35. The molecule has 12 heteroatoms. The topological polar surface area (TPSA) is 146 Å². The lowest BCUT2D eigenvalue weighted by Gasteiger charge is -2.42. The number of imide groups is 1. The number of ether oxygens (including phenoxy) is 2. The van der Waals surface area contributed by atoms with Crippen LogP contribution >= 0.6 is 23.2 Å². The molecule has 5 aromatic rings. The number of aliphatic hydroxyl groups excluding tert-OH is 3. The molecule has 4 heterocycles. The first-order chi connectivity index (χ1) is 18.8. The smallest absolute Gasteiger partial charge is 0.259 e. The van der Waals surface area contributed by atoms with E-state index in [-0.39, 0.29) is 16.1 Å². The van der Waals surface area contributed by atoms with Crippen LogP contribution in [0.25, 0.3) is 43.6 Å². The maximum absolute atomic E-state index is 13.3. The summed E-state index contributed by atoms with van der Waals surface area (Å²) in [4.78, 5) is 29.8. The maximum atomic E-state index is 13.3. The van der Waals surface area contributed by atoms with Crippen molar-refractivity contribution in [3.63, 3.8) is 0 Å². The minimum Gasteiger partial charge on any atom is -0.394 e. The van der Waals surface area contributed by atoms with Crippen LogP contribution in [0.2, 0.25) is 10.0 Å². The quantitative estimate of drug-likeness (QED) is 0.210. The molecule has 1 fully saturated rings. The molecule has 1 saturated heterocycles. The lowest BCUT2D eigenvalue weighted by Crippen LogP contribution is -2.57. The third-order valence-corrected chi connectivity index (χ3v) is 8.41. The highest BCUT2D eigenvalue weighted by atomic mass is 35.5. The number of carbonyl (C=O) groups is 2. The molecule has 0 radical (unpaired) electrons. The molecule has 2 aliphatic rings. The van der Waals surface area contributed by atoms with E-state index in [1.54, 1.807) is 41.0 Å². The van der Waals surface area contributed by atoms with Crippen LogP contribution in [-0.4, -0.2) is 74.8 Å². The SMILES string of the molecule is COC1C(CO)OC(n2c3c(Cl)cccc3c3c4c(c5c6cccc(Cl)c6[nH]c5c32)C(=O)NC4=O)C(O)[C@H]1O. The van der Waals surface area contributed by atoms with Gasteiger partial charge < -0.3 is 34.3 Å². The van der Waals surface area contributed by atoms with Gasteiger partial charge in [0.1, 0.15) is 24.4 Å². The second kappa shape index (κ2) is 8.64. The number of rotatable bonds is 3. The summed E-state index contributed by atoms with van der Waals surface area (Å²) in [5.74, 6) is -1.12. The molecule has 5 N–H and O–H groups in total. The lowest BCUT2D eigenvalue weighted by molar-refractivity contribution is -0.255. The molecule has 2 aromatic heterocycles. The van der Waals surface area contributed by atoms with Gasteiger partial charge in [-0.05, 0) is 12.1 Å². The standard InChI is InChI=1S/C27H21Cl2N3O7/c1-38-24-13(8-33)39-27(23(35)22(24)34)32-20-10(5-3-7-12(20)29)15-17-16(25(36)31-26(17)37)14-9-4-2-6-11(28)18(9)30-19(14)21(15)32/h2-7,13,22-24,27,30,33-35H,8H2,1H3,(H,31,36,37)/t13?,22-,23?,24?,27?/m1/s1. The lowest BCUT2D eigenvalue weighted by atomic mass is 9.96. The van der Waals surface area contributed by atoms with Crippen LogP contribution in [0.15, 0.2) is 36.4 Å². The van der Waals surface area contributed by atoms with Gasteiger partial charge in [0, 0.05) is 28.7 Å². The van der Waals surface area contributed by atoms with Crippen molar-refractivity contribution in [1.82, 2.24) is 14.9 Å². The van der Waals surface area contributed by atoms with E-state index in [2.05, 4.69) is 10.3 Å². The summed E-state index contributed by atoms with van der Waals surface area (Å²) in [5, 5.41) is 37.5. The Balaban J connectivity index is 1.71. The number of amides is 2. The summed E-state index contributed by atoms with van der Waals surface area (Å²) in [6, 6.07) is 10.4. The van der Waals surface area contributed by atoms with Crippen LogP contribution in [0, 0.1) is 0 Å².